The summed E-state index contributed by atoms with van der Waals surface area (Å²) in [6.07, 6.45) is 2.79. The number of halogens is 1. The molecule has 0 aliphatic carbocycles. The summed E-state index contributed by atoms with van der Waals surface area (Å²) in [6.45, 7) is 0. The van der Waals surface area contributed by atoms with Gasteiger partial charge in [0.1, 0.15) is 0 Å². The summed E-state index contributed by atoms with van der Waals surface area (Å²) < 4.78 is 15.4. The first kappa shape index (κ1) is 17.1. The van der Waals surface area contributed by atoms with Gasteiger partial charge in [-0.2, -0.15) is 5.10 Å². The lowest BCUT2D eigenvalue weighted by Crippen LogP contribution is -2.09. The average Bonchev–Trinajstić information content (AvgIpc) is 3.17. The monoisotopic (exact) mass is 380 g/mol. The Kier molecular flexibility index (Phi) is 4.26. The molecule has 5 aromatic rings. The molecule has 0 fully saturated rings. The number of hydrogen-bond donors (Lipinski definition) is 0. The Balaban J connectivity index is 1.59. The molecule has 29 heavy (non-hydrogen) atoms. The number of hydrogen-bond acceptors (Lipinski definition) is 3. The van der Waals surface area contributed by atoms with Crippen LogP contribution in [0.5, 0.6) is 0 Å². The van der Waals surface area contributed by atoms with E-state index in [4.69, 9.17) is 0 Å². The van der Waals surface area contributed by atoms with Crippen LogP contribution >= 0.6 is 0 Å². The molecule has 2 heterocycles. The summed E-state index contributed by atoms with van der Waals surface area (Å²) in [5.41, 5.74) is 5.13. The number of aromatic nitrogens is 3. The molecule has 0 amide bonds. The standard InChI is InChI=1S/C24H17FN4/c25-22-17-27-29-23(15-16-26-24(22)29)18-11-13-21(14-12-18)28(19-7-3-1-4-8-19)20-9-5-2-6-10-20/h1-17H. The summed E-state index contributed by atoms with van der Waals surface area (Å²) in [4.78, 5) is 6.26. The molecular formula is C24H17FN4. The van der Waals surface area contributed by atoms with Gasteiger partial charge in [0.15, 0.2) is 11.5 Å². The number of benzene rings is 3. The van der Waals surface area contributed by atoms with Crippen molar-refractivity contribution >= 4 is 22.7 Å². The maximum absolute atomic E-state index is 13.8. The van der Waals surface area contributed by atoms with Gasteiger partial charge in [-0.15, -0.1) is 0 Å². The maximum atomic E-state index is 13.8. The molecule has 3 aromatic carbocycles. The van der Waals surface area contributed by atoms with Crippen LogP contribution in [0.15, 0.2) is 103 Å². The largest absolute Gasteiger partial charge is 0.311 e. The molecule has 2 aromatic heterocycles. The Labute approximate surface area is 167 Å². The van der Waals surface area contributed by atoms with Gasteiger partial charge in [0, 0.05) is 28.8 Å². The van der Waals surface area contributed by atoms with Gasteiger partial charge in [-0.25, -0.2) is 13.9 Å². The van der Waals surface area contributed by atoms with Gasteiger partial charge in [0.25, 0.3) is 0 Å². The fraction of sp³-hybridized carbons (Fsp3) is 0. The lowest BCUT2D eigenvalue weighted by Gasteiger charge is -2.25. The fourth-order valence-corrected chi connectivity index (χ4v) is 3.46. The number of nitrogens with zero attached hydrogens (tertiary/aromatic N) is 4. The highest BCUT2D eigenvalue weighted by atomic mass is 19.1. The van der Waals surface area contributed by atoms with Crippen molar-refractivity contribution in [1.82, 2.24) is 14.6 Å². The van der Waals surface area contributed by atoms with E-state index in [1.54, 1.807) is 6.20 Å². The van der Waals surface area contributed by atoms with Crippen LogP contribution in [-0.4, -0.2) is 14.6 Å². The first-order chi connectivity index (χ1) is 14.3. The Morgan fingerprint density at radius 3 is 1.90 bits per heavy atom. The molecule has 0 bridgehead atoms. The second-order valence-corrected chi connectivity index (χ2v) is 6.61. The van der Waals surface area contributed by atoms with Crippen LogP contribution in [0.4, 0.5) is 21.5 Å². The molecule has 0 spiro atoms. The Morgan fingerprint density at radius 1 is 0.690 bits per heavy atom. The molecule has 0 N–H and O–H groups in total. The lowest BCUT2D eigenvalue weighted by atomic mass is 10.1. The molecule has 0 radical (unpaired) electrons. The van der Waals surface area contributed by atoms with Gasteiger partial charge in [-0.1, -0.05) is 48.5 Å². The van der Waals surface area contributed by atoms with Crippen molar-refractivity contribution < 1.29 is 4.39 Å². The van der Waals surface area contributed by atoms with Crippen LogP contribution in [0.1, 0.15) is 0 Å². The summed E-state index contributed by atoms with van der Waals surface area (Å²) >= 11 is 0. The van der Waals surface area contributed by atoms with Crippen molar-refractivity contribution in [2.24, 2.45) is 0 Å². The summed E-state index contributed by atoms with van der Waals surface area (Å²) in [7, 11) is 0. The molecule has 0 saturated carbocycles. The molecular weight excluding hydrogens is 363 g/mol. The Morgan fingerprint density at radius 2 is 1.28 bits per heavy atom. The highest BCUT2D eigenvalue weighted by Gasteiger charge is 2.13. The van der Waals surface area contributed by atoms with Gasteiger partial charge >= 0.3 is 0 Å². The van der Waals surface area contributed by atoms with Crippen molar-refractivity contribution in [1.29, 1.82) is 0 Å². The third kappa shape index (κ3) is 3.12. The van der Waals surface area contributed by atoms with Gasteiger partial charge in [0.2, 0.25) is 0 Å². The normalized spacial score (nSPS) is 10.9. The van der Waals surface area contributed by atoms with E-state index < -0.39 is 5.82 Å². The van der Waals surface area contributed by atoms with Gasteiger partial charge in [-0.05, 0) is 42.5 Å². The van der Waals surface area contributed by atoms with E-state index in [1.807, 2.05) is 54.6 Å². The number of para-hydroxylation sites is 2. The fourth-order valence-electron chi connectivity index (χ4n) is 3.46. The summed E-state index contributed by atoms with van der Waals surface area (Å²) in [6, 6.07) is 30.4. The highest BCUT2D eigenvalue weighted by molar-refractivity contribution is 5.78. The molecule has 0 saturated heterocycles. The van der Waals surface area contributed by atoms with Crippen LogP contribution in [0.3, 0.4) is 0 Å². The Hall–Kier alpha value is -3.99. The first-order valence-electron chi connectivity index (χ1n) is 9.30. The zero-order chi connectivity index (χ0) is 19.6. The van der Waals surface area contributed by atoms with E-state index in [0.29, 0.717) is 0 Å². The zero-order valence-corrected chi connectivity index (χ0v) is 15.5. The first-order valence-corrected chi connectivity index (χ1v) is 9.30. The van der Waals surface area contributed by atoms with Gasteiger partial charge in [0.05, 0.1) is 11.9 Å². The third-order valence-electron chi connectivity index (χ3n) is 4.81. The molecule has 5 heteroatoms. The molecule has 0 unspecified atom stereocenters. The SMILES string of the molecule is Fc1cnn2c(-c3ccc(N(c4ccccc4)c4ccccc4)cc3)ccnc12. The minimum absolute atomic E-state index is 0.224. The quantitative estimate of drug-likeness (QED) is 0.383. The van der Waals surface area contributed by atoms with Gasteiger partial charge < -0.3 is 4.90 Å². The van der Waals surface area contributed by atoms with E-state index in [9.17, 15) is 4.39 Å². The van der Waals surface area contributed by atoms with Crippen LogP contribution < -0.4 is 4.90 Å². The number of anilines is 3. The maximum Gasteiger partial charge on any atom is 0.191 e. The molecule has 0 atom stereocenters. The summed E-state index contributed by atoms with van der Waals surface area (Å²) in [5, 5.41) is 4.12. The average molecular weight is 380 g/mol. The van der Waals surface area contributed by atoms with Crippen LogP contribution in [-0.2, 0) is 0 Å². The molecule has 140 valence electrons. The predicted molar refractivity (Wildman–Crippen MR) is 113 cm³/mol. The number of fused-ring (bicyclic) bond motifs is 1. The molecule has 0 aliphatic rings. The summed E-state index contributed by atoms with van der Waals surface area (Å²) in [5.74, 6) is -0.428. The lowest BCUT2D eigenvalue weighted by molar-refractivity contribution is 0.636. The van der Waals surface area contributed by atoms with Crippen molar-refractivity contribution in [3.63, 3.8) is 0 Å². The zero-order valence-electron chi connectivity index (χ0n) is 15.5. The van der Waals surface area contributed by atoms with Crippen LogP contribution in [0.2, 0.25) is 0 Å². The third-order valence-corrected chi connectivity index (χ3v) is 4.81. The molecule has 0 aliphatic heterocycles. The van der Waals surface area contributed by atoms with E-state index in [-0.39, 0.29) is 5.65 Å². The molecule has 4 nitrogen and oxygen atoms in total. The van der Waals surface area contributed by atoms with Crippen molar-refractivity contribution in [3.8, 4) is 11.3 Å². The smallest absolute Gasteiger partial charge is 0.191 e. The predicted octanol–water partition coefficient (Wildman–Crippen LogP) is 6.01. The van der Waals surface area contributed by atoms with Crippen molar-refractivity contribution in [3.05, 3.63) is 109 Å². The Bertz CT molecular complexity index is 1210. The van der Waals surface area contributed by atoms with E-state index >= 15 is 0 Å². The van der Waals surface area contributed by atoms with E-state index in [1.165, 1.54) is 10.7 Å². The highest BCUT2D eigenvalue weighted by Crippen LogP contribution is 2.35. The van der Waals surface area contributed by atoms with E-state index in [2.05, 4.69) is 51.4 Å². The number of rotatable bonds is 4. The van der Waals surface area contributed by atoms with E-state index in [0.717, 1.165) is 28.3 Å². The molecule has 5 rings (SSSR count). The topological polar surface area (TPSA) is 33.4 Å². The van der Waals surface area contributed by atoms with Gasteiger partial charge in [-0.3, -0.25) is 0 Å². The van der Waals surface area contributed by atoms with Crippen molar-refractivity contribution in [2.75, 3.05) is 4.90 Å². The second-order valence-electron chi connectivity index (χ2n) is 6.61. The minimum atomic E-state index is -0.428. The minimum Gasteiger partial charge on any atom is -0.311 e. The second kappa shape index (κ2) is 7.20. The van der Waals surface area contributed by atoms with Crippen LogP contribution in [0.25, 0.3) is 16.9 Å². The van der Waals surface area contributed by atoms with Crippen molar-refractivity contribution in [2.45, 2.75) is 0 Å². The van der Waals surface area contributed by atoms with Crippen LogP contribution in [0, 0.1) is 5.82 Å².